The molecular formula is C28H42N2O3. The van der Waals surface area contributed by atoms with Gasteiger partial charge in [0.1, 0.15) is 5.75 Å². The van der Waals surface area contributed by atoms with Crippen LogP contribution < -0.4 is 5.32 Å². The molecule has 4 N–H and O–H groups in total. The summed E-state index contributed by atoms with van der Waals surface area (Å²) < 4.78 is 0. The van der Waals surface area contributed by atoms with E-state index in [4.69, 9.17) is 0 Å². The third-order valence-electron chi connectivity index (χ3n) is 6.97. The van der Waals surface area contributed by atoms with Gasteiger partial charge in [0, 0.05) is 11.6 Å². The van der Waals surface area contributed by atoms with Crippen molar-refractivity contribution in [1.29, 1.82) is 0 Å². The number of hydrogen-bond acceptors (Lipinski definition) is 5. The summed E-state index contributed by atoms with van der Waals surface area (Å²) in [7, 11) is 0. The van der Waals surface area contributed by atoms with Gasteiger partial charge in [-0.05, 0) is 107 Å². The number of nitrogens with zero attached hydrogens (tertiary/aromatic N) is 1. The van der Waals surface area contributed by atoms with Gasteiger partial charge < -0.3 is 25.5 Å². The molecule has 0 saturated heterocycles. The van der Waals surface area contributed by atoms with Crippen molar-refractivity contribution in [3.8, 4) is 17.2 Å². The van der Waals surface area contributed by atoms with Crippen molar-refractivity contribution < 1.29 is 15.3 Å². The third kappa shape index (κ3) is 7.38. The molecule has 0 amide bonds. The van der Waals surface area contributed by atoms with Crippen molar-refractivity contribution in [1.82, 2.24) is 10.2 Å². The molecule has 0 fully saturated rings. The maximum absolute atomic E-state index is 10.2. The van der Waals surface area contributed by atoms with Crippen LogP contribution in [0.3, 0.4) is 0 Å². The number of benzene rings is 2. The highest BCUT2D eigenvalue weighted by atomic mass is 16.3. The number of phenolic OH excluding ortho intramolecular Hbond substituents is 3. The minimum absolute atomic E-state index is 0.00237. The highest BCUT2D eigenvalue weighted by molar-refractivity contribution is 5.50. The zero-order valence-electron chi connectivity index (χ0n) is 20.4. The van der Waals surface area contributed by atoms with Crippen LogP contribution in [0.1, 0.15) is 67.7 Å². The Morgan fingerprint density at radius 1 is 0.939 bits per heavy atom. The molecule has 1 atom stereocenters. The molecule has 0 bridgehead atoms. The summed E-state index contributed by atoms with van der Waals surface area (Å²) in [6.07, 6.45) is 9.98. The lowest BCUT2D eigenvalue weighted by Crippen LogP contribution is -2.40. The van der Waals surface area contributed by atoms with Crippen molar-refractivity contribution in [2.75, 3.05) is 26.2 Å². The molecule has 0 spiro atoms. The molecule has 182 valence electrons. The Morgan fingerprint density at radius 2 is 1.73 bits per heavy atom. The highest BCUT2D eigenvalue weighted by Gasteiger charge is 2.26. The van der Waals surface area contributed by atoms with Gasteiger partial charge in [-0.3, -0.25) is 0 Å². The van der Waals surface area contributed by atoms with Crippen LogP contribution in [0.15, 0.2) is 30.3 Å². The smallest absolute Gasteiger partial charge is 0.160 e. The van der Waals surface area contributed by atoms with Crippen LogP contribution in [0.25, 0.3) is 0 Å². The Labute approximate surface area is 199 Å². The number of nitrogens with one attached hydrogen (secondary N) is 1. The second-order valence-electron chi connectivity index (χ2n) is 9.54. The van der Waals surface area contributed by atoms with E-state index in [9.17, 15) is 15.3 Å². The largest absolute Gasteiger partial charge is 0.508 e. The second-order valence-corrected chi connectivity index (χ2v) is 9.54. The van der Waals surface area contributed by atoms with E-state index in [1.54, 1.807) is 12.1 Å². The number of rotatable bonds is 13. The third-order valence-corrected chi connectivity index (χ3v) is 6.97. The van der Waals surface area contributed by atoms with Gasteiger partial charge in [-0.15, -0.1) is 0 Å². The summed E-state index contributed by atoms with van der Waals surface area (Å²) in [5.41, 5.74) is 4.34. The zero-order valence-corrected chi connectivity index (χ0v) is 20.4. The van der Waals surface area contributed by atoms with Crippen molar-refractivity contribution in [2.24, 2.45) is 0 Å². The molecule has 0 radical (unpaired) electrons. The van der Waals surface area contributed by atoms with E-state index in [1.165, 1.54) is 36.8 Å². The molecule has 0 heterocycles. The van der Waals surface area contributed by atoms with Crippen LogP contribution in [-0.2, 0) is 19.3 Å². The van der Waals surface area contributed by atoms with Gasteiger partial charge in [0.2, 0.25) is 0 Å². The average Bonchev–Trinajstić information content (AvgIpc) is 2.81. The topological polar surface area (TPSA) is 76.0 Å². The molecule has 0 aromatic heterocycles. The lowest BCUT2D eigenvalue weighted by atomic mass is 9.86. The Hall–Kier alpha value is -2.24. The first-order chi connectivity index (χ1) is 16.0. The number of phenols is 3. The van der Waals surface area contributed by atoms with Gasteiger partial charge in [-0.1, -0.05) is 38.0 Å². The summed E-state index contributed by atoms with van der Waals surface area (Å²) >= 11 is 0. The molecule has 0 saturated carbocycles. The van der Waals surface area contributed by atoms with E-state index in [-0.39, 0.29) is 11.5 Å². The number of aryl methyl sites for hydroxylation is 1. The summed E-state index contributed by atoms with van der Waals surface area (Å²) in [4.78, 5) is 2.64. The quantitative estimate of drug-likeness (QED) is 0.251. The van der Waals surface area contributed by atoms with Crippen molar-refractivity contribution >= 4 is 0 Å². The molecule has 1 aliphatic rings. The lowest BCUT2D eigenvalue weighted by molar-refractivity contribution is 0.175. The van der Waals surface area contributed by atoms with Gasteiger partial charge in [0.15, 0.2) is 11.5 Å². The maximum Gasteiger partial charge on any atom is 0.160 e. The minimum atomic E-state index is 0.00237. The number of fused-ring (bicyclic) bond motifs is 1. The maximum atomic E-state index is 10.2. The van der Waals surface area contributed by atoms with Gasteiger partial charge in [0.25, 0.3) is 0 Å². The van der Waals surface area contributed by atoms with Crippen LogP contribution in [-0.4, -0.2) is 52.4 Å². The Bertz CT molecular complexity index is 884. The van der Waals surface area contributed by atoms with Crippen LogP contribution in [0, 0.1) is 6.92 Å². The number of unbranched alkanes of at least 4 members (excludes halogenated alkanes) is 3. The van der Waals surface area contributed by atoms with Crippen LogP contribution in [0.4, 0.5) is 0 Å². The first kappa shape index (κ1) is 25.4. The van der Waals surface area contributed by atoms with Gasteiger partial charge in [-0.2, -0.15) is 0 Å². The Balaban J connectivity index is 1.30. The Kier molecular flexibility index (Phi) is 9.89. The first-order valence-electron chi connectivity index (χ1n) is 12.8. The monoisotopic (exact) mass is 454 g/mol. The number of hydrogen-bond donors (Lipinski definition) is 4. The molecule has 0 aliphatic heterocycles. The van der Waals surface area contributed by atoms with Gasteiger partial charge >= 0.3 is 0 Å². The average molecular weight is 455 g/mol. The SMILES string of the molecule is CCCN(CCCCCCNCCc1ccc(O)c(C)c1)C1CCc2c(ccc(O)c2O)C1. The fraction of sp³-hybridized carbons (Fsp3) is 0.571. The van der Waals surface area contributed by atoms with Crippen molar-refractivity contribution in [2.45, 2.75) is 77.7 Å². The lowest BCUT2D eigenvalue weighted by Gasteiger charge is -2.35. The van der Waals surface area contributed by atoms with Crippen molar-refractivity contribution in [3.05, 3.63) is 52.6 Å². The van der Waals surface area contributed by atoms with E-state index in [0.29, 0.717) is 11.8 Å². The molecule has 2 aromatic carbocycles. The van der Waals surface area contributed by atoms with Gasteiger partial charge in [0.05, 0.1) is 0 Å². The van der Waals surface area contributed by atoms with Crippen LogP contribution in [0.2, 0.25) is 0 Å². The molecule has 2 aromatic rings. The van der Waals surface area contributed by atoms with Crippen LogP contribution in [0.5, 0.6) is 17.2 Å². The van der Waals surface area contributed by atoms with E-state index in [2.05, 4.69) is 23.2 Å². The summed E-state index contributed by atoms with van der Waals surface area (Å²) in [5.74, 6) is 0.458. The van der Waals surface area contributed by atoms with E-state index >= 15 is 0 Å². The van der Waals surface area contributed by atoms with Crippen LogP contribution >= 0.6 is 0 Å². The molecule has 33 heavy (non-hydrogen) atoms. The standard InChI is InChI=1S/C28H42N2O3/c1-3-17-30(24-10-11-25-23(20-24)9-13-27(32)28(25)33)18-7-5-4-6-15-29-16-14-22-8-12-26(31)21(2)19-22/h8-9,12-13,19,24,29,31-33H,3-7,10-11,14-18,20H2,1-2H3. The van der Waals surface area contributed by atoms with E-state index in [1.807, 2.05) is 19.1 Å². The molecule has 1 unspecified atom stereocenters. The molecule has 5 nitrogen and oxygen atoms in total. The van der Waals surface area contributed by atoms with E-state index < -0.39 is 0 Å². The molecule has 1 aliphatic carbocycles. The second kappa shape index (κ2) is 12.9. The summed E-state index contributed by atoms with van der Waals surface area (Å²) in [6.45, 7) is 8.50. The Morgan fingerprint density at radius 3 is 2.52 bits per heavy atom. The predicted molar refractivity (Wildman–Crippen MR) is 135 cm³/mol. The molecular weight excluding hydrogens is 412 g/mol. The minimum Gasteiger partial charge on any atom is -0.508 e. The van der Waals surface area contributed by atoms with Gasteiger partial charge in [-0.25, -0.2) is 0 Å². The predicted octanol–water partition coefficient (Wildman–Crippen LogP) is 5.07. The first-order valence-corrected chi connectivity index (χ1v) is 12.8. The van der Waals surface area contributed by atoms with Crippen molar-refractivity contribution in [3.63, 3.8) is 0 Å². The zero-order chi connectivity index (χ0) is 23.6. The summed E-state index contributed by atoms with van der Waals surface area (Å²) in [5, 5.41) is 33.1. The fourth-order valence-corrected chi connectivity index (χ4v) is 5.03. The highest BCUT2D eigenvalue weighted by Crippen LogP contribution is 2.36. The number of aromatic hydroxyl groups is 3. The normalized spacial score (nSPS) is 15.7. The molecule has 3 rings (SSSR count). The molecule has 5 heteroatoms. The fourth-order valence-electron chi connectivity index (χ4n) is 5.03. The van der Waals surface area contributed by atoms with E-state index in [0.717, 1.165) is 69.4 Å². The summed E-state index contributed by atoms with van der Waals surface area (Å²) in [6, 6.07) is 10.00.